The number of hydrogen-bond acceptors (Lipinski definition) is 3. The fourth-order valence-corrected chi connectivity index (χ4v) is 7.72. The molecule has 264 valence electrons. The highest BCUT2D eigenvalue weighted by Crippen LogP contribution is 2.41. The Kier molecular flexibility index (Phi) is 8.64. The van der Waals surface area contributed by atoms with Crippen molar-refractivity contribution in [3.05, 3.63) is 193 Å². The van der Waals surface area contributed by atoms with E-state index in [9.17, 15) is 5.11 Å². The van der Waals surface area contributed by atoms with Gasteiger partial charge in [0.2, 0.25) is 0 Å². The van der Waals surface area contributed by atoms with Gasteiger partial charge in [0.1, 0.15) is 11.6 Å². The molecule has 55 heavy (non-hydrogen) atoms. The van der Waals surface area contributed by atoms with E-state index in [2.05, 4.69) is 158 Å². The second-order valence-electron chi connectivity index (χ2n) is 14.3. The van der Waals surface area contributed by atoms with Crippen molar-refractivity contribution in [1.82, 2.24) is 14.5 Å². The van der Waals surface area contributed by atoms with Gasteiger partial charge in [0.25, 0.3) is 0 Å². The molecule has 9 rings (SSSR count). The molecule has 0 aliphatic carbocycles. The van der Waals surface area contributed by atoms with Gasteiger partial charge in [-0.2, -0.15) is 0 Å². The largest absolute Gasteiger partial charge is 0.507 e. The number of phenolic OH excluding ortho intramolecular Hbond substituents is 1. The number of phenols is 1. The smallest absolute Gasteiger partial charge is 0.149 e. The predicted molar refractivity (Wildman–Crippen MR) is 227 cm³/mol. The first kappa shape index (κ1) is 33.8. The number of aromatic nitrogens is 3. The van der Waals surface area contributed by atoms with E-state index in [0.29, 0.717) is 11.4 Å². The summed E-state index contributed by atoms with van der Waals surface area (Å²) in [5, 5.41) is 11.6. The van der Waals surface area contributed by atoms with Crippen LogP contribution in [0.4, 0.5) is 0 Å². The first-order valence-corrected chi connectivity index (χ1v) is 18.6. The van der Waals surface area contributed by atoms with E-state index in [-0.39, 0.29) is 5.75 Å². The maximum Gasteiger partial charge on any atom is 0.149 e. The second kappa shape index (κ2) is 14.1. The van der Waals surface area contributed by atoms with Crippen molar-refractivity contribution in [1.29, 1.82) is 0 Å². The first-order valence-electron chi connectivity index (χ1n) is 18.6. The van der Waals surface area contributed by atoms with Gasteiger partial charge in [-0.15, -0.1) is 0 Å². The van der Waals surface area contributed by atoms with Crippen molar-refractivity contribution in [2.45, 2.75) is 20.8 Å². The summed E-state index contributed by atoms with van der Waals surface area (Å²) in [5.74, 6) is 0.922. The molecule has 0 amide bonds. The quantitative estimate of drug-likeness (QED) is 0.179. The standard InChI is InChI=1S/C51H39N3O/c1-33-24-35(3)50(55)46(27-33)51-53-49-45(20-13-21-48(49)54(51)44-26-34(2)25-40(31-44)37-16-9-5-10-17-37)42-28-41(38-18-11-6-12-19-38)29-43(30-42)47-32-39(22-23-52-47)36-14-7-4-8-15-36/h4-32,55H,1-3H3. The van der Waals surface area contributed by atoms with Crippen LogP contribution in [0.2, 0.25) is 0 Å². The van der Waals surface area contributed by atoms with Crippen LogP contribution in [-0.4, -0.2) is 19.6 Å². The SMILES string of the molecule is Cc1cc(-c2ccccc2)cc(-n2c(-c3cc(C)cc(C)c3O)nc3c(-c4cc(-c5ccccc5)cc(-c5cc(-c6ccccc6)ccn5)c4)cccc32)c1. The van der Waals surface area contributed by atoms with E-state index in [1.165, 1.54) is 0 Å². The van der Waals surface area contributed by atoms with Crippen molar-refractivity contribution in [2.24, 2.45) is 0 Å². The van der Waals surface area contributed by atoms with Crippen LogP contribution in [0.3, 0.4) is 0 Å². The molecule has 4 heteroatoms. The van der Waals surface area contributed by atoms with Gasteiger partial charge in [-0.1, -0.05) is 115 Å². The Morgan fingerprint density at radius 3 is 1.75 bits per heavy atom. The zero-order valence-electron chi connectivity index (χ0n) is 31.0. The van der Waals surface area contributed by atoms with Crippen molar-refractivity contribution in [3.63, 3.8) is 0 Å². The predicted octanol–water partition coefficient (Wildman–Crippen LogP) is 13.1. The van der Waals surface area contributed by atoms with Crippen LogP contribution >= 0.6 is 0 Å². The van der Waals surface area contributed by atoms with E-state index in [1.54, 1.807) is 0 Å². The third kappa shape index (κ3) is 6.49. The van der Waals surface area contributed by atoms with Crippen LogP contribution in [0.25, 0.3) is 83.9 Å². The molecule has 9 aromatic rings. The lowest BCUT2D eigenvalue weighted by Crippen LogP contribution is -2.00. The van der Waals surface area contributed by atoms with Gasteiger partial charge < -0.3 is 5.11 Å². The number of aryl methyl sites for hydroxylation is 3. The Morgan fingerprint density at radius 2 is 1.05 bits per heavy atom. The van der Waals surface area contributed by atoms with E-state index in [0.717, 1.165) is 89.2 Å². The highest BCUT2D eigenvalue weighted by atomic mass is 16.3. The fraction of sp³-hybridized carbons (Fsp3) is 0.0588. The minimum absolute atomic E-state index is 0.234. The summed E-state index contributed by atoms with van der Waals surface area (Å²) < 4.78 is 2.21. The highest BCUT2D eigenvalue weighted by Gasteiger charge is 2.22. The lowest BCUT2D eigenvalue weighted by Gasteiger charge is -2.15. The van der Waals surface area contributed by atoms with E-state index < -0.39 is 0 Å². The second-order valence-corrected chi connectivity index (χ2v) is 14.3. The van der Waals surface area contributed by atoms with Gasteiger partial charge in [0.15, 0.2) is 0 Å². The third-order valence-corrected chi connectivity index (χ3v) is 10.3. The Hall–Kier alpha value is -7.04. The van der Waals surface area contributed by atoms with Crippen LogP contribution in [0.1, 0.15) is 16.7 Å². The number of hydrogen-bond donors (Lipinski definition) is 1. The molecule has 4 nitrogen and oxygen atoms in total. The lowest BCUT2D eigenvalue weighted by molar-refractivity contribution is 0.472. The summed E-state index contributed by atoms with van der Waals surface area (Å²) in [6.07, 6.45) is 1.89. The molecule has 0 spiro atoms. The number of nitrogens with zero attached hydrogens (tertiary/aromatic N) is 3. The summed E-state index contributed by atoms with van der Waals surface area (Å²) in [6, 6.07) is 59.4. The summed E-state index contributed by atoms with van der Waals surface area (Å²) in [5.41, 5.74) is 17.2. The van der Waals surface area contributed by atoms with Crippen molar-refractivity contribution >= 4 is 11.0 Å². The van der Waals surface area contributed by atoms with Crippen molar-refractivity contribution in [2.75, 3.05) is 0 Å². The average Bonchev–Trinajstić information content (AvgIpc) is 3.62. The Balaban J connectivity index is 1.30. The van der Waals surface area contributed by atoms with Gasteiger partial charge >= 0.3 is 0 Å². The number of fused-ring (bicyclic) bond motifs is 1. The molecular formula is C51H39N3O. The van der Waals surface area contributed by atoms with Crippen LogP contribution < -0.4 is 0 Å². The van der Waals surface area contributed by atoms with Gasteiger partial charge in [-0.05, 0) is 131 Å². The highest BCUT2D eigenvalue weighted by molar-refractivity contribution is 5.98. The number of rotatable bonds is 7. The monoisotopic (exact) mass is 709 g/mol. The van der Waals surface area contributed by atoms with Crippen molar-refractivity contribution < 1.29 is 5.11 Å². The molecule has 0 bridgehead atoms. The zero-order chi connectivity index (χ0) is 37.5. The van der Waals surface area contributed by atoms with E-state index >= 15 is 0 Å². The topological polar surface area (TPSA) is 50.9 Å². The molecular weight excluding hydrogens is 671 g/mol. The maximum atomic E-state index is 11.6. The average molecular weight is 710 g/mol. The molecule has 2 aromatic heterocycles. The van der Waals surface area contributed by atoms with Gasteiger partial charge in [0, 0.05) is 23.0 Å². The van der Waals surface area contributed by atoms with Crippen LogP contribution in [0, 0.1) is 20.8 Å². The number of para-hydroxylation sites is 1. The maximum absolute atomic E-state index is 11.6. The number of aromatic hydroxyl groups is 1. The Bertz CT molecular complexity index is 2840. The molecule has 7 aromatic carbocycles. The van der Waals surface area contributed by atoms with E-state index in [1.807, 2.05) is 43.5 Å². The minimum Gasteiger partial charge on any atom is -0.507 e. The Morgan fingerprint density at radius 1 is 0.455 bits per heavy atom. The fourth-order valence-electron chi connectivity index (χ4n) is 7.72. The number of benzene rings is 7. The molecule has 0 atom stereocenters. The normalized spacial score (nSPS) is 11.3. The van der Waals surface area contributed by atoms with E-state index in [4.69, 9.17) is 9.97 Å². The van der Waals surface area contributed by atoms with Gasteiger partial charge in [-0.3, -0.25) is 9.55 Å². The number of pyridine rings is 1. The van der Waals surface area contributed by atoms with Gasteiger partial charge in [0.05, 0.1) is 22.3 Å². The first-order chi connectivity index (χ1) is 26.9. The minimum atomic E-state index is 0.234. The molecule has 0 fully saturated rings. The molecule has 0 radical (unpaired) electrons. The summed E-state index contributed by atoms with van der Waals surface area (Å²) in [7, 11) is 0. The molecule has 2 heterocycles. The van der Waals surface area contributed by atoms with Gasteiger partial charge in [-0.25, -0.2) is 4.98 Å². The molecule has 0 aliphatic heterocycles. The lowest BCUT2D eigenvalue weighted by atomic mass is 9.93. The molecule has 1 N–H and O–H groups in total. The summed E-state index contributed by atoms with van der Waals surface area (Å²) >= 11 is 0. The molecule has 0 aliphatic rings. The molecule has 0 saturated heterocycles. The van der Waals surface area contributed by atoms with Crippen LogP contribution in [0.5, 0.6) is 5.75 Å². The summed E-state index contributed by atoms with van der Waals surface area (Å²) in [4.78, 5) is 10.3. The van der Waals surface area contributed by atoms with Crippen LogP contribution in [0.15, 0.2) is 176 Å². The Labute approximate surface area is 321 Å². The molecule has 0 unspecified atom stereocenters. The third-order valence-electron chi connectivity index (χ3n) is 10.3. The van der Waals surface area contributed by atoms with Crippen LogP contribution in [-0.2, 0) is 0 Å². The number of imidazole rings is 1. The summed E-state index contributed by atoms with van der Waals surface area (Å²) in [6.45, 7) is 6.14. The zero-order valence-corrected chi connectivity index (χ0v) is 31.0. The molecule has 0 saturated carbocycles. The van der Waals surface area contributed by atoms with Crippen molar-refractivity contribution in [3.8, 4) is 78.6 Å².